The summed E-state index contributed by atoms with van der Waals surface area (Å²) in [5.74, 6) is 0. The molecule has 1 N–H and O–H groups in total. The van der Waals surface area contributed by atoms with Crippen LogP contribution in [0.3, 0.4) is 0 Å². The maximum Gasteiger partial charge on any atom is 0.0431 e. The van der Waals surface area contributed by atoms with Crippen LogP contribution in [-0.2, 0) is 0 Å². The SMILES string of the molecule is CCCC(C)NCC(Cl)=CCl. The van der Waals surface area contributed by atoms with E-state index in [1.165, 1.54) is 18.4 Å². The second-order valence-electron chi connectivity index (χ2n) is 2.63. The normalized spacial score (nSPS) is 15.1. The zero-order valence-electron chi connectivity index (χ0n) is 7.03. The summed E-state index contributed by atoms with van der Waals surface area (Å²) in [4.78, 5) is 0. The van der Waals surface area contributed by atoms with Gasteiger partial charge in [0, 0.05) is 23.2 Å². The van der Waals surface area contributed by atoms with Crippen LogP contribution in [0.25, 0.3) is 0 Å². The topological polar surface area (TPSA) is 12.0 Å². The molecule has 66 valence electrons. The number of nitrogens with one attached hydrogen (secondary N) is 1. The van der Waals surface area contributed by atoms with E-state index in [1.807, 2.05) is 0 Å². The van der Waals surface area contributed by atoms with Crippen molar-refractivity contribution in [1.29, 1.82) is 0 Å². The van der Waals surface area contributed by atoms with Gasteiger partial charge < -0.3 is 5.32 Å². The van der Waals surface area contributed by atoms with Gasteiger partial charge in [0.25, 0.3) is 0 Å². The highest BCUT2D eigenvalue weighted by atomic mass is 35.5. The smallest absolute Gasteiger partial charge is 0.0431 e. The summed E-state index contributed by atoms with van der Waals surface area (Å²) in [7, 11) is 0. The Bertz CT molecular complexity index is 123. The molecule has 0 saturated heterocycles. The first kappa shape index (κ1) is 11.3. The molecule has 0 aliphatic heterocycles. The first-order valence-corrected chi connectivity index (χ1v) is 4.70. The molecule has 1 nitrogen and oxygen atoms in total. The van der Waals surface area contributed by atoms with Crippen LogP contribution in [0.5, 0.6) is 0 Å². The molecule has 1 unspecified atom stereocenters. The van der Waals surface area contributed by atoms with Crippen LogP contribution < -0.4 is 5.32 Å². The Morgan fingerprint density at radius 3 is 2.73 bits per heavy atom. The highest BCUT2D eigenvalue weighted by Gasteiger charge is 1.98. The Hall–Kier alpha value is 0.280. The first-order valence-electron chi connectivity index (χ1n) is 3.88. The predicted molar refractivity (Wildman–Crippen MR) is 52.2 cm³/mol. The molecule has 11 heavy (non-hydrogen) atoms. The highest BCUT2D eigenvalue weighted by molar-refractivity contribution is 6.36. The first-order chi connectivity index (χ1) is 5.20. The third-order valence-electron chi connectivity index (χ3n) is 1.46. The Balaban J connectivity index is 3.37. The number of hydrogen-bond acceptors (Lipinski definition) is 1. The average Bonchev–Trinajstić information content (AvgIpc) is 2.01. The van der Waals surface area contributed by atoms with E-state index in [4.69, 9.17) is 23.2 Å². The maximum atomic E-state index is 5.68. The molecule has 0 bridgehead atoms. The van der Waals surface area contributed by atoms with Crippen LogP contribution in [0.4, 0.5) is 0 Å². The lowest BCUT2D eigenvalue weighted by Crippen LogP contribution is -2.26. The third-order valence-corrected chi connectivity index (χ3v) is 2.08. The molecule has 0 aromatic heterocycles. The molecule has 0 aliphatic carbocycles. The molecule has 3 heteroatoms. The number of hydrogen-bond donors (Lipinski definition) is 1. The highest BCUT2D eigenvalue weighted by Crippen LogP contribution is 2.02. The minimum Gasteiger partial charge on any atom is -0.309 e. The monoisotopic (exact) mass is 195 g/mol. The van der Waals surface area contributed by atoms with Gasteiger partial charge in [-0.2, -0.15) is 0 Å². The molecule has 0 fully saturated rings. The molecule has 0 saturated carbocycles. The van der Waals surface area contributed by atoms with E-state index in [1.54, 1.807) is 0 Å². The van der Waals surface area contributed by atoms with Crippen molar-refractivity contribution < 1.29 is 0 Å². The van der Waals surface area contributed by atoms with Crippen molar-refractivity contribution in [2.45, 2.75) is 32.7 Å². The van der Waals surface area contributed by atoms with E-state index in [0.29, 0.717) is 17.6 Å². The van der Waals surface area contributed by atoms with Gasteiger partial charge in [0.1, 0.15) is 0 Å². The van der Waals surface area contributed by atoms with Gasteiger partial charge >= 0.3 is 0 Å². The summed E-state index contributed by atoms with van der Waals surface area (Å²) in [6, 6.07) is 0.519. The lowest BCUT2D eigenvalue weighted by atomic mass is 10.2. The summed E-state index contributed by atoms with van der Waals surface area (Å²) in [6.45, 7) is 4.98. The summed E-state index contributed by atoms with van der Waals surface area (Å²) >= 11 is 11.1. The van der Waals surface area contributed by atoms with Gasteiger partial charge in [0.2, 0.25) is 0 Å². The van der Waals surface area contributed by atoms with Gasteiger partial charge in [-0.3, -0.25) is 0 Å². The van der Waals surface area contributed by atoms with Crippen molar-refractivity contribution in [1.82, 2.24) is 5.32 Å². The molecule has 0 aliphatic rings. The summed E-state index contributed by atoms with van der Waals surface area (Å²) in [5.41, 5.74) is 1.40. The molecule has 1 atom stereocenters. The molecule has 0 aromatic carbocycles. The third kappa shape index (κ3) is 6.67. The van der Waals surface area contributed by atoms with Crippen LogP contribution in [0.15, 0.2) is 10.6 Å². The summed E-state index contributed by atoms with van der Waals surface area (Å²) in [5, 5.41) is 3.91. The van der Waals surface area contributed by atoms with E-state index in [2.05, 4.69) is 19.2 Å². The van der Waals surface area contributed by atoms with Gasteiger partial charge in [0.05, 0.1) is 0 Å². The van der Waals surface area contributed by atoms with Crippen molar-refractivity contribution in [2.24, 2.45) is 0 Å². The van der Waals surface area contributed by atoms with Gasteiger partial charge in [-0.25, -0.2) is 0 Å². The van der Waals surface area contributed by atoms with Crippen molar-refractivity contribution in [2.75, 3.05) is 6.54 Å². The van der Waals surface area contributed by atoms with E-state index < -0.39 is 0 Å². The fraction of sp³-hybridized carbons (Fsp3) is 0.750. The Kier molecular flexibility index (Phi) is 7.13. The minimum absolute atomic E-state index is 0.519. The van der Waals surface area contributed by atoms with Crippen LogP contribution in [0, 0.1) is 0 Å². The van der Waals surface area contributed by atoms with Gasteiger partial charge in [-0.1, -0.05) is 36.5 Å². The zero-order chi connectivity index (χ0) is 8.69. The van der Waals surface area contributed by atoms with Crippen LogP contribution in [0.1, 0.15) is 26.7 Å². The van der Waals surface area contributed by atoms with Crippen molar-refractivity contribution in [3.05, 3.63) is 10.6 Å². The second kappa shape index (κ2) is 6.96. The predicted octanol–water partition coefficient (Wildman–Crippen LogP) is 3.08. The molecule has 0 amide bonds. The standard InChI is InChI=1S/C8H15Cl2N/c1-3-4-7(2)11-6-8(10)5-9/h5,7,11H,3-4,6H2,1-2H3. The van der Waals surface area contributed by atoms with Crippen molar-refractivity contribution in [3.8, 4) is 0 Å². The maximum absolute atomic E-state index is 5.68. The van der Waals surface area contributed by atoms with E-state index in [0.717, 1.165) is 0 Å². The summed E-state index contributed by atoms with van der Waals surface area (Å²) in [6.07, 6.45) is 2.36. The molecule has 0 aromatic rings. The molecule has 0 rings (SSSR count). The van der Waals surface area contributed by atoms with Crippen LogP contribution in [-0.4, -0.2) is 12.6 Å². The number of halogens is 2. The largest absolute Gasteiger partial charge is 0.309 e. The molecule has 0 spiro atoms. The van der Waals surface area contributed by atoms with E-state index >= 15 is 0 Å². The van der Waals surface area contributed by atoms with Gasteiger partial charge in [-0.05, 0) is 13.3 Å². The van der Waals surface area contributed by atoms with Crippen molar-refractivity contribution in [3.63, 3.8) is 0 Å². The lowest BCUT2D eigenvalue weighted by molar-refractivity contribution is 0.534. The van der Waals surface area contributed by atoms with Crippen molar-refractivity contribution >= 4 is 23.2 Å². The van der Waals surface area contributed by atoms with Gasteiger partial charge in [-0.15, -0.1) is 0 Å². The van der Waals surface area contributed by atoms with E-state index in [-0.39, 0.29) is 0 Å². The molecular formula is C8H15Cl2N. The molecular weight excluding hydrogens is 181 g/mol. The van der Waals surface area contributed by atoms with Crippen LogP contribution in [0.2, 0.25) is 0 Å². The van der Waals surface area contributed by atoms with Gasteiger partial charge in [0.15, 0.2) is 0 Å². The minimum atomic E-state index is 0.519. The average molecular weight is 196 g/mol. The summed E-state index contributed by atoms with van der Waals surface area (Å²) < 4.78 is 0. The number of rotatable bonds is 5. The molecule has 0 radical (unpaired) electrons. The fourth-order valence-electron chi connectivity index (χ4n) is 0.845. The Morgan fingerprint density at radius 2 is 2.27 bits per heavy atom. The Morgan fingerprint density at radius 1 is 1.64 bits per heavy atom. The molecule has 0 heterocycles. The second-order valence-corrected chi connectivity index (χ2v) is 3.33. The lowest BCUT2D eigenvalue weighted by Gasteiger charge is -2.11. The fourth-order valence-corrected chi connectivity index (χ4v) is 1.000. The van der Waals surface area contributed by atoms with E-state index in [9.17, 15) is 0 Å². The quantitative estimate of drug-likeness (QED) is 0.712. The Labute approximate surface area is 78.8 Å². The van der Waals surface area contributed by atoms with Crippen LogP contribution >= 0.6 is 23.2 Å². The zero-order valence-corrected chi connectivity index (χ0v) is 8.54.